The Morgan fingerprint density at radius 3 is 1.29 bits per heavy atom. The van der Waals surface area contributed by atoms with Crippen LogP contribution in [-0.4, -0.2) is 88.8 Å². The van der Waals surface area contributed by atoms with Gasteiger partial charge in [-0.3, -0.25) is 4.79 Å². The van der Waals surface area contributed by atoms with E-state index < -0.39 is 0 Å². The molecule has 6 atom stereocenters. The van der Waals surface area contributed by atoms with E-state index in [-0.39, 0.29) is 42.6 Å². The Morgan fingerprint density at radius 2 is 0.968 bits per heavy atom. The summed E-state index contributed by atoms with van der Waals surface area (Å²) >= 11 is 0. The summed E-state index contributed by atoms with van der Waals surface area (Å²) in [7, 11) is 0. The summed E-state index contributed by atoms with van der Waals surface area (Å²) in [6.07, 6.45) is 1.18. The SMILES string of the molecule is C=CCOCC(C)OCC(C)OCC(C)OCC(C)OCC(C)OCC(C)OC(C)=O. The molecule has 0 rings (SSSR count). The summed E-state index contributed by atoms with van der Waals surface area (Å²) < 4.78 is 39.1. The Kier molecular flexibility index (Phi) is 17.9. The number of esters is 1. The van der Waals surface area contributed by atoms with Gasteiger partial charge in [0, 0.05) is 6.92 Å². The van der Waals surface area contributed by atoms with Crippen molar-refractivity contribution < 1.29 is 38.0 Å². The smallest absolute Gasteiger partial charge is 0.302 e. The number of carbonyl (C=O) groups is 1. The van der Waals surface area contributed by atoms with Gasteiger partial charge in [0.2, 0.25) is 0 Å². The first kappa shape index (κ1) is 30.0. The average Bonchev–Trinajstić information content (AvgIpc) is 2.71. The average molecular weight is 449 g/mol. The van der Waals surface area contributed by atoms with Crippen molar-refractivity contribution >= 4 is 5.97 Å². The molecule has 0 heterocycles. The van der Waals surface area contributed by atoms with Crippen molar-refractivity contribution in [3.8, 4) is 0 Å². The highest BCUT2D eigenvalue weighted by molar-refractivity contribution is 5.66. The van der Waals surface area contributed by atoms with Gasteiger partial charge in [-0.05, 0) is 41.5 Å². The van der Waals surface area contributed by atoms with E-state index in [1.54, 1.807) is 13.0 Å². The molecule has 0 aromatic rings. The highest BCUT2D eigenvalue weighted by atomic mass is 16.6. The van der Waals surface area contributed by atoms with Crippen LogP contribution in [0.25, 0.3) is 0 Å². The van der Waals surface area contributed by atoms with E-state index in [1.807, 2.05) is 34.6 Å². The largest absolute Gasteiger partial charge is 0.460 e. The Balaban J connectivity index is 3.80. The third kappa shape index (κ3) is 19.4. The van der Waals surface area contributed by atoms with Crippen molar-refractivity contribution in [3.63, 3.8) is 0 Å². The summed E-state index contributed by atoms with van der Waals surface area (Å²) in [6, 6.07) is 0. The van der Waals surface area contributed by atoms with Crippen LogP contribution < -0.4 is 0 Å². The predicted octanol–water partition coefficient (Wildman–Crippen LogP) is 3.17. The quantitative estimate of drug-likeness (QED) is 0.160. The Hall–Kier alpha value is -1.03. The van der Waals surface area contributed by atoms with Gasteiger partial charge in [0.15, 0.2) is 0 Å². The van der Waals surface area contributed by atoms with E-state index in [0.29, 0.717) is 46.2 Å². The van der Waals surface area contributed by atoms with Crippen LogP contribution in [-0.2, 0) is 38.0 Å². The fourth-order valence-corrected chi connectivity index (χ4v) is 2.37. The minimum absolute atomic E-state index is 0.00826. The van der Waals surface area contributed by atoms with E-state index in [1.165, 1.54) is 6.92 Å². The van der Waals surface area contributed by atoms with Gasteiger partial charge in [-0.25, -0.2) is 0 Å². The fraction of sp³-hybridized carbons (Fsp3) is 0.870. The predicted molar refractivity (Wildman–Crippen MR) is 119 cm³/mol. The molecule has 0 aliphatic heterocycles. The van der Waals surface area contributed by atoms with Crippen LogP contribution >= 0.6 is 0 Å². The van der Waals surface area contributed by atoms with E-state index >= 15 is 0 Å². The molecule has 0 radical (unpaired) electrons. The second-order valence-corrected chi connectivity index (χ2v) is 7.97. The monoisotopic (exact) mass is 448 g/mol. The maximum atomic E-state index is 10.9. The molecule has 0 aromatic carbocycles. The molecule has 0 N–H and O–H groups in total. The number of carbonyl (C=O) groups excluding carboxylic acids is 1. The molecule has 8 nitrogen and oxygen atoms in total. The number of rotatable bonds is 20. The molecule has 0 fully saturated rings. The summed E-state index contributed by atoms with van der Waals surface area (Å²) in [4.78, 5) is 10.9. The molecule has 0 saturated heterocycles. The van der Waals surface area contributed by atoms with Crippen molar-refractivity contribution in [1.29, 1.82) is 0 Å². The van der Waals surface area contributed by atoms with Crippen molar-refractivity contribution in [3.05, 3.63) is 12.7 Å². The molecule has 6 unspecified atom stereocenters. The van der Waals surface area contributed by atoms with E-state index in [2.05, 4.69) is 6.58 Å². The van der Waals surface area contributed by atoms with Gasteiger partial charge < -0.3 is 33.2 Å². The van der Waals surface area contributed by atoms with Crippen LogP contribution in [0.1, 0.15) is 48.5 Å². The fourth-order valence-electron chi connectivity index (χ4n) is 2.37. The van der Waals surface area contributed by atoms with Crippen LogP contribution in [0.3, 0.4) is 0 Å². The van der Waals surface area contributed by atoms with Gasteiger partial charge in [0.1, 0.15) is 6.10 Å². The molecule has 8 heteroatoms. The van der Waals surface area contributed by atoms with Gasteiger partial charge in [-0.2, -0.15) is 0 Å². The number of hydrogen-bond acceptors (Lipinski definition) is 8. The van der Waals surface area contributed by atoms with E-state index in [9.17, 15) is 4.79 Å². The van der Waals surface area contributed by atoms with Crippen LogP contribution in [0, 0.1) is 0 Å². The van der Waals surface area contributed by atoms with Crippen molar-refractivity contribution in [2.24, 2.45) is 0 Å². The number of ether oxygens (including phenoxy) is 7. The van der Waals surface area contributed by atoms with Crippen LogP contribution in [0.4, 0.5) is 0 Å². The van der Waals surface area contributed by atoms with Crippen molar-refractivity contribution in [1.82, 2.24) is 0 Å². The molecule has 0 aliphatic rings. The highest BCUT2D eigenvalue weighted by Gasteiger charge is 2.13. The van der Waals surface area contributed by atoms with Crippen LogP contribution in [0.2, 0.25) is 0 Å². The zero-order valence-corrected chi connectivity index (χ0v) is 20.5. The van der Waals surface area contributed by atoms with Gasteiger partial charge in [0.05, 0.1) is 76.8 Å². The molecule has 184 valence electrons. The third-order valence-corrected chi connectivity index (χ3v) is 4.03. The van der Waals surface area contributed by atoms with Gasteiger partial charge in [-0.15, -0.1) is 6.58 Å². The standard InChI is InChI=1S/C23H44O8/c1-9-10-25-11-17(2)26-12-18(3)27-13-19(4)28-14-20(5)29-15-21(6)30-16-22(7)31-23(8)24/h9,17-22H,1,10-16H2,2-8H3. The lowest BCUT2D eigenvalue weighted by Crippen LogP contribution is -2.30. The molecule has 0 aromatic heterocycles. The first-order valence-electron chi connectivity index (χ1n) is 11.1. The normalized spacial score (nSPS) is 17.4. The van der Waals surface area contributed by atoms with Gasteiger partial charge in [0.25, 0.3) is 0 Å². The molecule has 0 amide bonds. The van der Waals surface area contributed by atoms with Crippen LogP contribution in [0.5, 0.6) is 0 Å². The Bertz CT molecular complexity index is 459. The van der Waals surface area contributed by atoms with Crippen LogP contribution in [0.15, 0.2) is 12.7 Å². The minimum atomic E-state index is -0.311. The molecule has 0 aliphatic carbocycles. The minimum Gasteiger partial charge on any atom is -0.460 e. The zero-order chi connectivity index (χ0) is 23.6. The molecule has 0 spiro atoms. The summed E-state index contributed by atoms with van der Waals surface area (Å²) in [5.41, 5.74) is 0. The first-order chi connectivity index (χ1) is 14.6. The van der Waals surface area contributed by atoms with Crippen molar-refractivity contribution in [2.45, 2.75) is 85.1 Å². The Morgan fingerprint density at radius 1 is 0.645 bits per heavy atom. The lowest BCUT2D eigenvalue weighted by Gasteiger charge is -2.22. The second kappa shape index (κ2) is 18.5. The molecular formula is C23H44O8. The van der Waals surface area contributed by atoms with Gasteiger partial charge >= 0.3 is 5.97 Å². The van der Waals surface area contributed by atoms with Gasteiger partial charge in [-0.1, -0.05) is 6.08 Å². The lowest BCUT2D eigenvalue weighted by molar-refractivity contribution is -0.150. The summed E-state index contributed by atoms with van der Waals surface area (Å²) in [6.45, 7) is 19.8. The number of hydrogen-bond donors (Lipinski definition) is 0. The highest BCUT2D eigenvalue weighted by Crippen LogP contribution is 2.04. The summed E-state index contributed by atoms with van der Waals surface area (Å²) in [5.74, 6) is -0.311. The summed E-state index contributed by atoms with van der Waals surface area (Å²) in [5, 5.41) is 0. The first-order valence-corrected chi connectivity index (χ1v) is 11.1. The second-order valence-electron chi connectivity index (χ2n) is 7.97. The Labute approximate surface area is 188 Å². The zero-order valence-electron chi connectivity index (χ0n) is 20.5. The maximum absolute atomic E-state index is 10.9. The molecule has 0 saturated carbocycles. The molecule has 0 bridgehead atoms. The maximum Gasteiger partial charge on any atom is 0.302 e. The topological polar surface area (TPSA) is 81.7 Å². The van der Waals surface area contributed by atoms with E-state index in [0.717, 1.165) is 0 Å². The third-order valence-electron chi connectivity index (χ3n) is 4.03. The van der Waals surface area contributed by atoms with Crippen molar-refractivity contribution in [2.75, 3.05) is 46.2 Å². The molecule has 31 heavy (non-hydrogen) atoms. The van der Waals surface area contributed by atoms with E-state index in [4.69, 9.17) is 33.2 Å². The lowest BCUT2D eigenvalue weighted by atomic mass is 10.3. The molecular weight excluding hydrogens is 404 g/mol.